The minimum Gasteiger partial charge on any atom is -0.488 e. The summed E-state index contributed by atoms with van der Waals surface area (Å²) >= 11 is 0. The second-order valence-corrected chi connectivity index (χ2v) is 7.98. The topological polar surface area (TPSA) is 54.7 Å². The van der Waals surface area contributed by atoms with Gasteiger partial charge in [-0.15, -0.1) is 0 Å². The molecule has 1 atom stereocenters. The summed E-state index contributed by atoms with van der Waals surface area (Å²) in [5.74, 6) is 1.38. The van der Waals surface area contributed by atoms with E-state index < -0.39 is 5.66 Å². The molecule has 5 heteroatoms. The van der Waals surface area contributed by atoms with Gasteiger partial charge in [-0.3, -0.25) is 4.79 Å². The molecule has 0 spiro atoms. The van der Waals surface area contributed by atoms with Crippen LogP contribution in [-0.2, 0) is 18.8 Å². The van der Waals surface area contributed by atoms with Crippen LogP contribution >= 0.6 is 0 Å². The summed E-state index contributed by atoms with van der Waals surface area (Å²) in [7, 11) is 0. The van der Waals surface area contributed by atoms with Crippen molar-refractivity contribution >= 4 is 11.6 Å². The first kappa shape index (κ1) is 19.9. The number of fused-ring (bicyclic) bond motifs is 1. The molecule has 4 aromatic rings. The number of amides is 1. The van der Waals surface area contributed by atoms with E-state index in [1.807, 2.05) is 97.9 Å². The Morgan fingerprint density at radius 2 is 1.66 bits per heavy atom. The number of nitrogens with zero attached hydrogens (tertiary/aromatic N) is 1. The van der Waals surface area contributed by atoms with E-state index in [2.05, 4.69) is 5.32 Å². The van der Waals surface area contributed by atoms with Crippen LogP contribution in [0.2, 0.25) is 0 Å². The molecule has 160 valence electrons. The van der Waals surface area contributed by atoms with Crippen LogP contribution in [0.1, 0.15) is 34.2 Å². The van der Waals surface area contributed by atoms with Crippen LogP contribution in [0.25, 0.3) is 0 Å². The number of para-hydroxylation sites is 2. The Balaban J connectivity index is 1.56. The number of hydrogen-bond acceptors (Lipinski definition) is 4. The molecule has 0 aliphatic carbocycles. The maximum atomic E-state index is 13.6. The number of benzene rings is 3. The lowest BCUT2D eigenvalue weighted by molar-refractivity contribution is 0.0480. The fourth-order valence-electron chi connectivity index (χ4n) is 4.19. The zero-order valence-corrected chi connectivity index (χ0v) is 17.8. The van der Waals surface area contributed by atoms with E-state index in [0.29, 0.717) is 24.5 Å². The average molecular weight is 425 g/mol. The minimum absolute atomic E-state index is 0.0592. The summed E-state index contributed by atoms with van der Waals surface area (Å²) < 4.78 is 11.8. The van der Waals surface area contributed by atoms with Gasteiger partial charge in [-0.05, 0) is 42.8 Å². The van der Waals surface area contributed by atoms with Gasteiger partial charge in [0.05, 0.1) is 18.4 Å². The van der Waals surface area contributed by atoms with Crippen molar-refractivity contribution in [1.29, 1.82) is 0 Å². The Bertz CT molecular complexity index is 1220. The molecule has 32 heavy (non-hydrogen) atoms. The number of hydrogen-bond donors (Lipinski definition) is 1. The predicted molar refractivity (Wildman–Crippen MR) is 123 cm³/mol. The third-order valence-electron chi connectivity index (χ3n) is 5.86. The van der Waals surface area contributed by atoms with Crippen LogP contribution in [0.3, 0.4) is 0 Å². The molecule has 0 bridgehead atoms. The highest BCUT2D eigenvalue weighted by Crippen LogP contribution is 2.42. The van der Waals surface area contributed by atoms with E-state index in [1.165, 1.54) is 0 Å². The highest BCUT2D eigenvalue weighted by Gasteiger charge is 2.44. The van der Waals surface area contributed by atoms with Gasteiger partial charge in [0.15, 0.2) is 0 Å². The Kier molecular flexibility index (Phi) is 5.15. The monoisotopic (exact) mass is 424 g/mol. The molecule has 3 aromatic carbocycles. The first-order valence-electron chi connectivity index (χ1n) is 10.6. The molecule has 5 rings (SSSR count). The maximum absolute atomic E-state index is 13.6. The minimum atomic E-state index is -0.842. The van der Waals surface area contributed by atoms with Crippen molar-refractivity contribution in [3.05, 3.63) is 120 Å². The van der Waals surface area contributed by atoms with Crippen LogP contribution in [-0.4, -0.2) is 10.8 Å². The Labute approximate surface area is 187 Å². The first-order chi connectivity index (χ1) is 15.6. The Morgan fingerprint density at radius 3 is 2.47 bits per heavy atom. The van der Waals surface area contributed by atoms with Crippen molar-refractivity contribution in [2.75, 3.05) is 5.32 Å². The molecule has 1 aliphatic heterocycles. The molecule has 1 aromatic heterocycles. The Morgan fingerprint density at radius 1 is 0.906 bits per heavy atom. The van der Waals surface area contributed by atoms with Crippen molar-refractivity contribution in [2.45, 2.75) is 25.7 Å². The summed E-state index contributed by atoms with van der Waals surface area (Å²) in [4.78, 5) is 15.4. The fraction of sp³-hybridized carbons (Fsp3) is 0.148. The second kappa shape index (κ2) is 8.27. The van der Waals surface area contributed by atoms with E-state index in [-0.39, 0.29) is 5.91 Å². The van der Waals surface area contributed by atoms with E-state index in [9.17, 15) is 4.79 Å². The molecule has 0 radical (unpaired) electrons. The average Bonchev–Trinajstić information content (AvgIpc) is 3.35. The van der Waals surface area contributed by atoms with E-state index in [0.717, 1.165) is 22.6 Å². The van der Waals surface area contributed by atoms with Crippen molar-refractivity contribution < 1.29 is 13.9 Å². The van der Waals surface area contributed by atoms with Crippen molar-refractivity contribution in [2.24, 2.45) is 0 Å². The van der Waals surface area contributed by atoms with Crippen molar-refractivity contribution in [3.8, 4) is 5.75 Å². The first-order valence-corrected chi connectivity index (χ1v) is 10.6. The Hall–Kier alpha value is -3.99. The summed E-state index contributed by atoms with van der Waals surface area (Å²) in [6, 6.07) is 29.2. The lowest BCUT2D eigenvalue weighted by Gasteiger charge is -2.46. The number of carbonyl (C=O) groups excluding carboxylic acids is 1. The normalized spacial score (nSPS) is 17.5. The summed E-state index contributed by atoms with van der Waals surface area (Å²) in [6.45, 7) is 2.78. The SMILES string of the molecule is CC1(c2ccccc2OCc2ccccc2)Nc2ccccc2C(=O)N1Cc1ccco1. The number of furan rings is 1. The lowest BCUT2D eigenvalue weighted by atomic mass is 9.92. The number of ether oxygens (including phenoxy) is 1. The van der Waals surface area contributed by atoms with Crippen LogP contribution in [0.15, 0.2) is 102 Å². The zero-order valence-electron chi connectivity index (χ0n) is 17.8. The van der Waals surface area contributed by atoms with Crippen LogP contribution in [0.5, 0.6) is 5.75 Å². The van der Waals surface area contributed by atoms with Gasteiger partial charge in [-0.1, -0.05) is 60.7 Å². The molecule has 2 heterocycles. The maximum Gasteiger partial charge on any atom is 0.258 e. The molecule has 0 fully saturated rings. The molecule has 1 N–H and O–H groups in total. The number of rotatable bonds is 6. The van der Waals surface area contributed by atoms with Crippen LogP contribution < -0.4 is 10.1 Å². The molecule has 0 saturated heterocycles. The summed E-state index contributed by atoms with van der Waals surface area (Å²) in [5, 5.41) is 3.60. The van der Waals surface area contributed by atoms with Gasteiger partial charge in [0.1, 0.15) is 23.8 Å². The van der Waals surface area contributed by atoms with Gasteiger partial charge in [-0.2, -0.15) is 0 Å². The quantitative estimate of drug-likeness (QED) is 0.425. The van der Waals surface area contributed by atoms with Gasteiger partial charge in [0.2, 0.25) is 0 Å². The smallest absolute Gasteiger partial charge is 0.258 e. The number of nitrogens with one attached hydrogen (secondary N) is 1. The molecule has 1 unspecified atom stereocenters. The fourth-order valence-corrected chi connectivity index (χ4v) is 4.19. The largest absolute Gasteiger partial charge is 0.488 e. The van der Waals surface area contributed by atoms with E-state index in [1.54, 1.807) is 11.2 Å². The highest BCUT2D eigenvalue weighted by atomic mass is 16.5. The molecule has 5 nitrogen and oxygen atoms in total. The van der Waals surface area contributed by atoms with Gasteiger partial charge in [-0.25, -0.2) is 0 Å². The van der Waals surface area contributed by atoms with Gasteiger partial charge < -0.3 is 19.4 Å². The highest BCUT2D eigenvalue weighted by molar-refractivity contribution is 6.02. The van der Waals surface area contributed by atoms with Gasteiger partial charge in [0, 0.05) is 11.3 Å². The third kappa shape index (κ3) is 3.62. The second-order valence-electron chi connectivity index (χ2n) is 7.98. The van der Waals surface area contributed by atoms with Crippen LogP contribution in [0, 0.1) is 0 Å². The number of carbonyl (C=O) groups is 1. The number of anilines is 1. The summed E-state index contributed by atoms with van der Waals surface area (Å²) in [5.41, 5.74) is 2.56. The van der Waals surface area contributed by atoms with Gasteiger partial charge in [0.25, 0.3) is 5.91 Å². The molecular formula is C27H24N2O3. The van der Waals surface area contributed by atoms with E-state index >= 15 is 0 Å². The van der Waals surface area contributed by atoms with E-state index in [4.69, 9.17) is 9.15 Å². The standard InChI is InChI=1S/C27H24N2O3/c1-27(23-14-6-8-16-25(23)32-19-20-10-3-2-4-11-20)28-24-15-7-5-13-22(24)26(30)29(27)18-21-12-9-17-31-21/h2-17,28H,18-19H2,1H3. The van der Waals surface area contributed by atoms with Gasteiger partial charge >= 0.3 is 0 Å². The zero-order chi connectivity index (χ0) is 22.0. The molecule has 0 saturated carbocycles. The molecule has 1 amide bonds. The summed E-state index contributed by atoms with van der Waals surface area (Å²) in [6.07, 6.45) is 1.62. The molecular weight excluding hydrogens is 400 g/mol. The predicted octanol–water partition coefficient (Wildman–Crippen LogP) is 5.80. The lowest BCUT2D eigenvalue weighted by Crippen LogP contribution is -2.55. The van der Waals surface area contributed by atoms with Crippen LogP contribution in [0.4, 0.5) is 5.69 Å². The molecule has 1 aliphatic rings. The van der Waals surface area contributed by atoms with Crippen molar-refractivity contribution in [1.82, 2.24) is 4.90 Å². The third-order valence-corrected chi connectivity index (χ3v) is 5.86. The van der Waals surface area contributed by atoms with Crippen molar-refractivity contribution in [3.63, 3.8) is 0 Å².